The van der Waals surface area contributed by atoms with Gasteiger partial charge in [-0.15, -0.1) is 0 Å². The Kier molecular flexibility index (Phi) is 6.14. The van der Waals surface area contributed by atoms with Gasteiger partial charge in [-0.3, -0.25) is 0 Å². The molecule has 8 nitrogen and oxygen atoms in total. The molecule has 0 atom stereocenters. The number of aliphatic hydroxyl groups is 1. The van der Waals surface area contributed by atoms with Crippen molar-refractivity contribution in [2.75, 3.05) is 17.7 Å². The van der Waals surface area contributed by atoms with Gasteiger partial charge in [0.05, 0.1) is 17.3 Å². The van der Waals surface area contributed by atoms with Crippen molar-refractivity contribution >= 4 is 48.4 Å². The first-order valence-electron chi connectivity index (χ1n) is 9.45. The fourth-order valence-electron chi connectivity index (χ4n) is 3.13. The van der Waals surface area contributed by atoms with Crippen LogP contribution in [0.4, 0.5) is 11.6 Å². The van der Waals surface area contributed by atoms with E-state index in [1.807, 2.05) is 30.3 Å². The molecule has 0 aliphatic carbocycles. The van der Waals surface area contributed by atoms with Crippen LogP contribution in [0.1, 0.15) is 5.69 Å². The smallest absolute Gasteiger partial charge is 0.229 e. The zero-order valence-corrected chi connectivity index (χ0v) is 18.9. The lowest BCUT2D eigenvalue weighted by Gasteiger charge is -2.10. The lowest BCUT2D eigenvalue weighted by molar-refractivity contribution is 0.319. The number of fused-ring (bicyclic) bond motifs is 1. The molecule has 2 heterocycles. The van der Waals surface area contributed by atoms with Crippen LogP contribution in [0, 0.1) is 11.3 Å². The minimum atomic E-state index is -3.59. The molecule has 2 aromatic heterocycles. The summed E-state index contributed by atoms with van der Waals surface area (Å²) in [6, 6.07) is 17.6. The second kappa shape index (κ2) is 9.00. The summed E-state index contributed by atoms with van der Waals surface area (Å²) in [5.41, 5.74) is 2.53. The molecule has 2 N–H and O–H groups in total. The van der Waals surface area contributed by atoms with Gasteiger partial charge in [-0.05, 0) is 35.9 Å². The first-order valence-corrected chi connectivity index (χ1v) is 11.9. The third-order valence-corrected chi connectivity index (χ3v) is 7.03. The molecule has 2 aromatic carbocycles. The fourth-order valence-corrected chi connectivity index (χ4v) is 4.70. The third-order valence-electron chi connectivity index (χ3n) is 4.65. The molecule has 0 fully saturated rings. The van der Waals surface area contributed by atoms with E-state index in [4.69, 9.17) is 5.11 Å². The summed E-state index contributed by atoms with van der Waals surface area (Å²) >= 11 is 3.50. The van der Waals surface area contributed by atoms with E-state index < -0.39 is 16.4 Å². The summed E-state index contributed by atoms with van der Waals surface area (Å²) in [7, 11) is -3.59. The highest BCUT2D eigenvalue weighted by Gasteiger charge is 2.15. The second-order valence-electron chi connectivity index (χ2n) is 6.78. The molecule has 0 aliphatic rings. The number of sulfone groups is 1. The van der Waals surface area contributed by atoms with Gasteiger partial charge in [-0.25, -0.2) is 18.4 Å². The molecule has 0 aliphatic heterocycles. The maximum absolute atomic E-state index is 12.2. The van der Waals surface area contributed by atoms with Crippen LogP contribution in [-0.2, 0) is 9.84 Å². The number of nitrogens with one attached hydrogen (secondary N) is 1. The van der Waals surface area contributed by atoms with Gasteiger partial charge >= 0.3 is 0 Å². The van der Waals surface area contributed by atoms with Gasteiger partial charge in [0.15, 0.2) is 21.2 Å². The summed E-state index contributed by atoms with van der Waals surface area (Å²) in [6.07, 6.45) is 1.59. The lowest BCUT2D eigenvalue weighted by atomic mass is 10.0. The summed E-state index contributed by atoms with van der Waals surface area (Å²) in [4.78, 5) is 13.2. The quantitative estimate of drug-likeness (QED) is 0.401. The van der Waals surface area contributed by atoms with E-state index in [1.54, 1.807) is 18.3 Å². The average Bonchev–Trinajstić information content (AvgIpc) is 2.79. The van der Waals surface area contributed by atoms with Gasteiger partial charge in [-0.2, -0.15) is 10.2 Å². The van der Waals surface area contributed by atoms with Crippen LogP contribution in [0.5, 0.6) is 0 Å². The molecule has 0 spiro atoms. The second-order valence-corrected chi connectivity index (χ2v) is 9.74. The predicted molar refractivity (Wildman–Crippen MR) is 124 cm³/mol. The molecule has 0 amide bonds. The summed E-state index contributed by atoms with van der Waals surface area (Å²) in [5.74, 6) is -0.150. The van der Waals surface area contributed by atoms with Crippen molar-refractivity contribution in [2.24, 2.45) is 0 Å². The van der Waals surface area contributed by atoms with Crippen molar-refractivity contribution in [1.82, 2.24) is 15.0 Å². The van der Waals surface area contributed by atoms with E-state index in [0.29, 0.717) is 22.3 Å². The minimum absolute atomic E-state index is 0.0836. The van der Waals surface area contributed by atoms with Crippen molar-refractivity contribution in [1.29, 1.82) is 5.26 Å². The topological polar surface area (TPSA) is 129 Å². The molecule has 10 heteroatoms. The summed E-state index contributed by atoms with van der Waals surface area (Å²) in [6.45, 7) is -0.456. The van der Waals surface area contributed by atoms with Crippen LogP contribution in [0.15, 0.2) is 70.2 Å². The maximum atomic E-state index is 12.2. The van der Waals surface area contributed by atoms with E-state index in [1.165, 1.54) is 12.1 Å². The molecule has 0 unspecified atom stereocenters. The number of pyridine rings is 1. The zero-order valence-electron chi connectivity index (χ0n) is 16.5. The van der Waals surface area contributed by atoms with E-state index in [-0.39, 0.29) is 22.3 Å². The standard InChI is InChI=1S/C22H16BrN5O3S/c23-19-7-2-1-6-17(19)18-10-14-13-25-22(28-21(14)27-20(18)12-24)26-15-4-3-5-16(11-15)32(30,31)9-8-29/h1-7,10-11,13,29H,8-9H2,(H,25,26,27,28). The lowest BCUT2D eigenvalue weighted by Crippen LogP contribution is -2.10. The largest absolute Gasteiger partial charge is 0.395 e. The van der Waals surface area contributed by atoms with E-state index in [9.17, 15) is 13.7 Å². The molecule has 0 bridgehead atoms. The van der Waals surface area contributed by atoms with Gasteiger partial charge in [-0.1, -0.05) is 40.2 Å². The molecule has 0 saturated heterocycles. The number of halogens is 1. The molecule has 4 aromatic rings. The number of nitriles is 1. The first-order chi connectivity index (χ1) is 15.4. The Hall–Kier alpha value is -3.39. The highest BCUT2D eigenvalue weighted by molar-refractivity contribution is 9.10. The summed E-state index contributed by atoms with van der Waals surface area (Å²) < 4.78 is 25.2. The molecule has 160 valence electrons. The molecule has 32 heavy (non-hydrogen) atoms. The number of aliphatic hydroxyl groups excluding tert-OH is 1. The fraction of sp³-hybridized carbons (Fsp3) is 0.0909. The Bertz CT molecular complexity index is 1470. The van der Waals surface area contributed by atoms with Crippen LogP contribution < -0.4 is 5.32 Å². The Balaban J connectivity index is 1.70. The number of benzene rings is 2. The van der Waals surface area contributed by atoms with E-state index in [0.717, 1.165) is 10.0 Å². The first kappa shape index (κ1) is 21.8. The van der Waals surface area contributed by atoms with Crippen LogP contribution in [-0.4, -0.2) is 40.8 Å². The van der Waals surface area contributed by atoms with E-state index >= 15 is 0 Å². The van der Waals surface area contributed by atoms with Crippen LogP contribution in [0.2, 0.25) is 0 Å². The van der Waals surface area contributed by atoms with Gasteiger partial charge in [0.25, 0.3) is 0 Å². The Morgan fingerprint density at radius 3 is 2.62 bits per heavy atom. The summed E-state index contributed by atoms with van der Waals surface area (Å²) in [5, 5.41) is 22.2. The predicted octanol–water partition coefficient (Wildman–Crippen LogP) is 3.84. The maximum Gasteiger partial charge on any atom is 0.229 e. The highest BCUT2D eigenvalue weighted by atomic mass is 79.9. The molecular weight excluding hydrogens is 494 g/mol. The Morgan fingerprint density at radius 2 is 1.88 bits per heavy atom. The van der Waals surface area contributed by atoms with Crippen LogP contribution >= 0.6 is 15.9 Å². The minimum Gasteiger partial charge on any atom is -0.395 e. The van der Waals surface area contributed by atoms with Crippen molar-refractivity contribution in [3.8, 4) is 17.2 Å². The van der Waals surface area contributed by atoms with Crippen LogP contribution in [0.3, 0.4) is 0 Å². The molecular formula is C22H16BrN5O3S. The molecule has 0 saturated carbocycles. The number of hydrogen-bond acceptors (Lipinski definition) is 8. The monoisotopic (exact) mass is 509 g/mol. The number of nitrogens with zero attached hydrogens (tertiary/aromatic N) is 4. The van der Waals surface area contributed by atoms with Crippen molar-refractivity contribution in [3.63, 3.8) is 0 Å². The normalized spacial score (nSPS) is 11.3. The molecule has 4 rings (SSSR count). The average molecular weight is 510 g/mol. The zero-order chi connectivity index (χ0) is 22.7. The van der Waals surface area contributed by atoms with E-state index in [2.05, 4.69) is 42.3 Å². The number of rotatable bonds is 6. The van der Waals surface area contributed by atoms with Gasteiger partial charge < -0.3 is 10.4 Å². The Morgan fingerprint density at radius 1 is 1.06 bits per heavy atom. The van der Waals surface area contributed by atoms with Gasteiger partial charge in [0, 0.05) is 27.3 Å². The highest BCUT2D eigenvalue weighted by Crippen LogP contribution is 2.31. The SMILES string of the molecule is N#Cc1nc2nc(Nc3cccc(S(=O)(=O)CCO)c3)ncc2cc1-c1ccccc1Br. The van der Waals surface area contributed by atoms with Crippen LogP contribution in [0.25, 0.3) is 22.2 Å². The molecule has 0 radical (unpaired) electrons. The van der Waals surface area contributed by atoms with Crippen molar-refractivity contribution in [3.05, 3.63) is 71.0 Å². The van der Waals surface area contributed by atoms with Gasteiger partial charge in [0.1, 0.15) is 6.07 Å². The van der Waals surface area contributed by atoms with Crippen molar-refractivity contribution in [2.45, 2.75) is 4.90 Å². The van der Waals surface area contributed by atoms with Gasteiger partial charge in [0.2, 0.25) is 5.95 Å². The number of aromatic nitrogens is 3. The third kappa shape index (κ3) is 4.45. The number of hydrogen-bond donors (Lipinski definition) is 2. The number of anilines is 2. The van der Waals surface area contributed by atoms with Crippen molar-refractivity contribution < 1.29 is 13.5 Å². The Labute approximate surface area is 192 Å².